The van der Waals surface area contributed by atoms with Crippen LogP contribution in [0.1, 0.15) is 31.4 Å². The minimum absolute atomic E-state index is 0.415. The summed E-state index contributed by atoms with van der Waals surface area (Å²) >= 11 is 0. The molecule has 1 N–H and O–H groups in total. The number of aryl methyl sites for hydroxylation is 1. The average Bonchev–Trinajstić information content (AvgIpc) is 2.75. The first-order valence-corrected chi connectivity index (χ1v) is 6.42. The molecule has 0 bridgehead atoms. The molecule has 1 aliphatic rings. The van der Waals surface area contributed by atoms with E-state index in [-0.39, 0.29) is 0 Å². The topological polar surface area (TPSA) is 52.0 Å². The molecular formula is C12H22N4O. The van der Waals surface area contributed by atoms with Crippen LogP contribution in [0.3, 0.4) is 0 Å². The van der Waals surface area contributed by atoms with Gasteiger partial charge in [-0.1, -0.05) is 5.21 Å². The van der Waals surface area contributed by atoms with Gasteiger partial charge in [-0.15, -0.1) is 5.10 Å². The molecule has 2 atom stereocenters. The van der Waals surface area contributed by atoms with Crippen molar-refractivity contribution in [2.45, 2.75) is 44.2 Å². The van der Waals surface area contributed by atoms with Gasteiger partial charge >= 0.3 is 0 Å². The van der Waals surface area contributed by atoms with E-state index in [2.05, 4.69) is 15.6 Å². The summed E-state index contributed by atoms with van der Waals surface area (Å²) in [7, 11) is 3.90. The first-order valence-electron chi connectivity index (χ1n) is 6.42. The van der Waals surface area contributed by atoms with Crippen molar-refractivity contribution < 1.29 is 4.74 Å². The van der Waals surface area contributed by atoms with E-state index in [0.717, 1.165) is 25.1 Å². The molecular weight excluding hydrogens is 216 g/mol. The summed E-state index contributed by atoms with van der Waals surface area (Å²) in [6.45, 7) is 0.923. The Kier molecular flexibility index (Phi) is 4.50. The van der Waals surface area contributed by atoms with E-state index in [1.807, 2.05) is 20.3 Å². The number of hydrogen-bond donors (Lipinski definition) is 1. The van der Waals surface area contributed by atoms with E-state index in [1.54, 1.807) is 4.68 Å². The van der Waals surface area contributed by atoms with Gasteiger partial charge in [0.1, 0.15) is 0 Å². The number of likely N-dealkylation sites (N-methyl/N-ethyl adjacent to an activating group) is 1. The van der Waals surface area contributed by atoms with Crippen LogP contribution in [0.25, 0.3) is 0 Å². The highest BCUT2D eigenvalue weighted by molar-refractivity contribution is 4.96. The summed E-state index contributed by atoms with van der Waals surface area (Å²) in [5, 5.41) is 11.4. The predicted molar refractivity (Wildman–Crippen MR) is 65.8 cm³/mol. The Bertz CT molecular complexity index is 333. The molecule has 2 rings (SSSR count). The summed E-state index contributed by atoms with van der Waals surface area (Å²) in [5.41, 5.74) is 1.04. The van der Waals surface area contributed by atoms with Crippen molar-refractivity contribution in [1.82, 2.24) is 20.3 Å². The third-order valence-corrected chi connectivity index (χ3v) is 3.34. The fourth-order valence-corrected chi connectivity index (χ4v) is 2.36. The van der Waals surface area contributed by atoms with E-state index in [1.165, 1.54) is 19.3 Å². The van der Waals surface area contributed by atoms with Gasteiger partial charge in [0.2, 0.25) is 0 Å². The molecule has 1 aliphatic heterocycles. The van der Waals surface area contributed by atoms with Gasteiger partial charge in [0, 0.05) is 32.3 Å². The molecule has 0 aliphatic carbocycles. The number of hydrogen-bond acceptors (Lipinski definition) is 4. The summed E-state index contributed by atoms with van der Waals surface area (Å²) in [6.07, 6.45) is 8.08. The van der Waals surface area contributed by atoms with Crippen LogP contribution in [-0.2, 0) is 18.2 Å². The molecule has 1 aromatic rings. The van der Waals surface area contributed by atoms with Crippen molar-refractivity contribution in [2.24, 2.45) is 7.05 Å². The van der Waals surface area contributed by atoms with Gasteiger partial charge in [0.25, 0.3) is 0 Å². The van der Waals surface area contributed by atoms with Crippen LogP contribution in [0.4, 0.5) is 0 Å². The van der Waals surface area contributed by atoms with Crippen LogP contribution in [0, 0.1) is 0 Å². The number of rotatable bonds is 5. The SMILES string of the molecule is CNC(Cc1cn(C)nn1)CC1CCCCO1. The number of aromatic nitrogens is 3. The number of nitrogens with one attached hydrogen (secondary N) is 1. The molecule has 5 nitrogen and oxygen atoms in total. The van der Waals surface area contributed by atoms with E-state index < -0.39 is 0 Å². The Morgan fingerprint density at radius 2 is 2.47 bits per heavy atom. The standard InChI is InChI=1S/C12H22N4O/c1-13-10(7-11-9-16(2)15-14-11)8-12-5-3-4-6-17-12/h9-10,12-13H,3-8H2,1-2H3. The Morgan fingerprint density at radius 3 is 3.06 bits per heavy atom. The molecule has 5 heteroatoms. The molecule has 2 heterocycles. The molecule has 0 amide bonds. The van der Waals surface area contributed by atoms with E-state index in [0.29, 0.717) is 12.1 Å². The Labute approximate surface area is 103 Å². The smallest absolute Gasteiger partial charge is 0.0842 e. The van der Waals surface area contributed by atoms with Gasteiger partial charge in [-0.05, 0) is 32.7 Å². The molecule has 0 aromatic carbocycles. The summed E-state index contributed by atoms with van der Waals surface area (Å²) in [4.78, 5) is 0. The second-order valence-electron chi connectivity index (χ2n) is 4.80. The van der Waals surface area contributed by atoms with Gasteiger partial charge in [-0.2, -0.15) is 0 Å². The van der Waals surface area contributed by atoms with E-state index in [4.69, 9.17) is 4.74 Å². The first kappa shape index (κ1) is 12.5. The van der Waals surface area contributed by atoms with E-state index >= 15 is 0 Å². The van der Waals surface area contributed by atoms with Crippen LogP contribution in [0.5, 0.6) is 0 Å². The van der Waals surface area contributed by atoms with Crippen molar-refractivity contribution in [2.75, 3.05) is 13.7 Å². The Morgan fingerprint density at radius 1 is 1.59 bits per heavy atom. The van der Waals surface area contributed by atoms with Gasteiger partial charge in [-0.3, -0.25) is 4.68 Å². The van der Waals surface area contributed by atoms with Crippen LogP contribution >= 0.6 is 0 Å². The third-order valence-electron chi connectivity index (χ3n) is 3.34. The van der Waals surface area contributed by atoms with Gasteiger partial charge in [0.15, 0.2) is 0 Å². The fraction of sp³-hybridized carbons (Fsp3) is 0.833. The minimum Gasteiger partial charge on any atom is -0.378 e. The highest BCUT2D eigenvalue weighted by atomic mass is 16.5. The van der Waals surface area contributed by atoms with Crippen molar-refractivity contribution in [3.63, 3.8) is 0 Å². The summed E-state index contributed by atoms with van der Waals surface area (Å²) < 4.78 is 7.52. The van der Waals surface area contributed by atoms with Crippen LogP contribution in [-0.4, -0.2) is 40.8 Å². The van der Waals surface area contributed by atoms with Gasteiger partial charge in [-0.25, -0.2) is 0 Å². The van der Waals surface area contributed by atoms with Crippen molar-refractivity contribution in [3.8, 4) is 0 Å². The number of ether oxygens (including phenoxy) is 1. The average molecular weight is 238 g/mol. The lowest BCUT2D eigenvalue weighted by Crippen LogP contribution is -2.34. The molecule has 17 heavy (non-hydrogen) atoms. The zero-order chi connectivity index (χ0) is 12.1. The lowest BCUT2D eigenvalue weighted by molar-refractivity contribution is 0.00564. The Hall–Kier alpha value is -0.940. The molecule has 1 fully saturated rings. The maximum atomic E-state index is 5.77. The highest BCUT2D eigenvalue weighted by Gasteiger charge is 2.19. The summed E-state index contributed by atoms with van der Waals surface area (Å²) in [5.74, 6) is 0. The minimum atomic E-state index is 0.415. The first-order chi connectivity index (χ1) is 8.28. The number of nitrogens with zero attached hydrogens (tertiary/aromatic N) is 3. The lowest BCUT2D eigenvalue weighted by atomic mass is 9.99. The zero-order valence-corrected chi connectivity index (χ0v) is 10.7. The lowest BCUT2D eigenvalue weighted by Gasteiger charge is -2.26. The zero-order valence-electron chi connectivity index (χ0n) is 10.7. The van der Waals surface area contributed by atoms with Crippen LogP contribution in [0.15, 0.2) is 6.20 Å². The monoisotopic (exact) mass is 238 g/mol. The second kappa shape index (κ2) is 6.12. The van der Waals surface area contributed by atoms with E-state index in [9.17, 15) is 0 Å². The molecule has 0 spiro atoms. The van der Waals surface area contributed by atoms with Gasteiger partial charge < -0.3 is 10.1 Å². The molecule has 96 valence electrons. The highest BCUT2D eigenvalue weighted by Crippen LogP contribution is 2.18. The molecule has 1 aromatic heterocycles. The fourth-order valence-electron chi connectivity index (χ4n) is 2.36. The second-order valence-corrected chi connectivity index (χ2v) is 4.80. The Balaban J connectivity index is 1.83. The van der Waals surface area contributed by atoms with Crippen molar-refractivity contribution in [3.05, 3.63) is 11.9 Å². The molecule has 1 saturated heterocycles. The molecule has 0 radical (unpaired) electrons. The largest absolute Gasteiger partial charge is 0.378 e. The third kappa shape index (κ3) is 3.78. The normalized spacial score (nSPS) is 22.6. The van der Waals surface area contributed by atoms with Crippen molar-refractivity contribution >= 4 is 0 Å². The quantitative estimate of drug-likeness (QED) is 0.828. The van der Waals surface area contributed by atoms with Crippen LogP contribution < -0.4 is 5.32 Å². The maximum Gasteiger partial charge on any atom is 0.0842 e. The predicted octanol–water partition coefficient (Wildman–Crippen LogP) is 0.905. The van der Waals surface area contributed by atoms with Crippen molar-refractivity contribution in [1.29, 1.82) is 0 Å². The van der Waals surface area contributed by atoms with Crippen LogP contribution in [0.2, 0.25) is 0 Å². The van der Waals surface area contributed by atoms with Gasteiger partial charge in [0.05, 0.1) is 11.8 Å². The maximum absolute atomic E-state index is 5.77. The summed E-state index contributed by atoms with van der Waals surface area (Å²) in [6, 6.07) is 0.426. The molecule has 2 unspecified atom stereocenters. The molecule has 0 saturated carbocycles.